The number of carbonyl (C=O) groups is 1. The number of carbonyl (C=O) groups excluding carboxylic acids is 1. The molecule has 0 radical (unpaired) electrons. The molecule has 1 N–H and O–H groups in total. The van der Waals surface area contributed by atoms with Crippen LogP contribution < -0.4 is 0 Å². The number of methoxy groups -OCH3 is 1. The van der Waals surface area contributed by atoms with E-state index in [0.29, 0.717) is 5.92 Å². The van der Waals surface area contributed by atoms with E-state index in [1.54, 1.807) is 0 Å². The molecule has 0 bridgehead atoms. The molecule has 5 atom stereocenters. The molecule has 0 aromatic rings. The Morgan fingerprint density at radius 2 is 2.18 bits per heavy atom. The molecular formula is C18H32O4. The van der Waals surface area contributed by atoms with Gasteiger partial charge in [-0.05, 0) is 38.5 Å². The zero-order valence-electron chi connectivity index (χ0n) is 14.7. The van der Waals surface area contributed by atoms with Crippen LogP contribution in [0.2, 0.25) is 0 Å². The summed E-state index contributed by atoms with van der Waals surface area (Å²) >= 11 is 0. The quantitative estimate of drug-likeness (QED) is 0.551. The first-order valence-corrected chi connectivity index (χ1v) is 8.44. The lowest BCUT2D eigenvalue weighted by Gasteiger charge is -2.31. The maximum absolute atomic E-state index is 11.4. The third-order valence-corrected chi connectivity index (χ3v) is 4.85. The number of hydrogen-bond donors (Lipinski definition) is 1. The van der Waals surface area contributed by atoms with Gasteiger partial charge in [-0.2, -0.15) is 0 Å². The molecule has 4 heteroatoms. The molecule has 4 nitrogen and oxygen atoms in total. The summed E-state index contributed by atoms with van der Waals surface area (Å²) in [7, 11) is 1.35. The van der Waals surface area contributed by atoms with E-state index in [9.17, 15) is 9.90 Å². The number of allylic oxidation sites excluding steroid dienone is 1. The minimum Gasteiger partial charge on any atom is -0.469 e. The summed E-state index contributed by atoms with van der Waals surface area (Å²) in [5.41, 5.74) is -0.234. The van der Waals surface area contributed by atoms with Gasteiger partial charge in [0, 0.05) is 0 Å². The smallest absolute Gasteiger partial charge is 0.308 e. The molecule has 1 heterocycles. The second kappa shape index (κ2) is 8.68. The molecule has 0 unspecified atom stereocenters. The van der Waals surface area contributed by atoms with Gasteiger partial charge in [0.2, 0.25) is 0 Å². The number of aliphatic hydroxyl groups excluding tert-OH is 1. The lowest BCUT2D eigenvalue weighted by atomic mass is 9.81. The predicted octanol–water partition coefficient (Wildman–Crippen LogP) is 3.48. The van der Waals surface area contributed by atoms with E-state index in [1.165, 1.54) is 7.11 Å². The van der Waals surface area contributed by atoms with Gasteiger partial charge in [0.1, 0.15) is 0 Å². The predicted molar refractivity (Wildman–Crippen MR) is 87.5 cm³/mol. The van der Waals surface area contributed by atoms with Gasteiger partial charge in [-0.1, -0.05) is 38.8 Å². The SMILES string of the molecule is C/C=C/[C@@H]1O[C@](C)(C[C@@H](CC)[C@H](O)CC(=O)OC)C[C@H]1CC. The lowest BCUT2D eigenvalue weighted by molar-refractivity contribution is -0.144. The first kappa shape index (κ1) is 19.2. The molecule has 1 aliphatic rings. The van der Waals surface area contributed by atoms with Gasteiger partial charge >= 0.3 is 5.97 Å². The van der Waals surface area contributed by atoms with Crippen molar-refractivity contribution in [1.82, 2.24) is 0 Å². The van der Waals surface area contributed by atoms with Crippen LogP contribution in [0, 0.1) is 11.8 Å². The van der Waals surface area contributed by atoms with Gasteiger partial charge in [-0.3, -0.25) is 4.79 Å². The van der Waals surface area contributed by atoms with E-state index in [-0.39, 0.29) is 30.0 Å². The highest BCUT2D eigenvalue weighted by Crippen LogP contribution is 2.42. The summed E-state index contributed by atoms with van der Waals surface area (Å²) in [4.78, 5) is 11.4. The number of esters is 1. The summed E-state index contributed by atoms with van der Waals surface area (Å²) in [6, 6.07) is 0. The fourth-order valence-corrected chi connectivity index (χ4v) is 3.57. The molecule has 0 amide bonds. The van der Waals surface area contributed by atoms with Gasteiger partial charge in [0.05, 0.1) is 31.3 Å². The van der Waals surface area contributed by atoms with Crippen LogP contribution in [0.4, 0.5) is 0 Å². The number of rotatable bonds is 8. The van der Waals surface area contributed by atoms with Crippen molar-refractivity contribution in [3.63, 3.8) is 0 Å². The Balaban J connectivity index is 2.71. The van der Waals surface area contributed by atoms with E-state index >= 15 is 0 Å². The second-order valence-corrected chi connectivity index (χ2v) is 6.65. The molecule has 1 rings (SSSR count). The van der Waals surface area contributed by atoms with Gasteiger partial charge in [-0.25, -0.2) is 0 Å². The topological polar surface area (TPSA) is 55.8 Å². The van der Waals surface area contributed by atoms with E-state index in [2.05, 4.69) is 24.7 Å². The molecule has 0 aliphatic carbocycles. The van der Waals surface area contributed by atoms with Crippen molar-refractivity contribution in [3.05, 3.63) is 12.2 Å². The minimum atomic E-state index is -0.668. The zero-order chi connectivity index (χ0) is 16.8. The van der Waals surface area contributed by atoms with Crippen molar-refractivity contribution < 1.29 is 19.4 Å². The van der Waals surface area contributed by atoms with E-state index in [1.807, 2.05) is 19.9 Å². The third-order valence-electron chi connectivity index (χ3n) is 4.85. The molecule has 128 valence electrons. The van der Waals surface area contributed by atoms with Crippen molar-refractivity contribution in [1.29, 1.82) is 0 Å². The van der Waals surface area contributed by atoms with E-state index < -0.39 is 6.10 Å². The third kappa shape index (κ3) is 5.10. The van der Waals surface area contributed by atoms with Gasteiger partial charge in [0.15, 0.2) is 0 Å². The molecule has 1 saturated heterocycles. The van der Waals surface area contributed by atoms with Crippen LogP contribution in [0.15, 0.2) is 12.2 Å². The van der Waals surface area contributed by atoms with Crippen LogP contribution in [0.3, 0.4) is 0 Å². The summed E-state index contributed by atoms with van der Waals surface area (Å²) in [5.74, 6) is 0.212. The Kier molecular flexibility index (Phi) is 7.57. The molecule has 0 saturated carbocycles. The molecule has 0 spiro atoms. The van der Waals surface area contributed by atoms with E-state index in [0.717, 1.165) is 25.7 Å². The summed E-state index contributed by atoms with van der Waals surface area (Å²) in [6.07, 6.45) is 7.41. The molecule has 1 aliphatic heterocycles. The zero-order valence-corrected chi connectivity index (χ0v) is 14.7. The van der Waals surface area contributed by atoms with E-state index in [4.69, 9.17) is 4.74 Å². The van der Waals surface area contributed by atoms with Crippen LogP contribution in [-0.2, 0) is 14.3 Å². The van der Waals surface area contributed by atoms with Crippen molar-refractivity contribution in [2.45, 2.75) is 77.6 Å². The first-order valence-electron chi connectivity index (χ1n) is 8.44. The van der Waals surface area contributed by atoms with Gasteiger partial charge in [0.25, 0.3) is 0 Å². The minimum absolute atomic E-state index is 0.0472. The van der Waals surface area contributed by atoms with Crippen LogP contribution in [0.5, 0.6) is 0 Å². The molecular weight excluding hydrogens is 280 g/mol. The van der Waals surface area contributed by atoms with Crippen molar-refractivity contribution in [2.24, 2.45) is 11.8 Å². The highest BCUT2D eigenvalue weighted by atomic mass is 16.5. The van der Waals surface area contributed by atoms with Crippen molar-refractivity contribution in [2.75, 3.05) is 7.11 Å². The molecule has 0 aromatic carbocycles. The summed E-state index contributed by atoms with van der Waals surface area (Å²) in [5, 5.41) is 10.3. The summed E-state index contributed by atoms with van der Waals surface area (Å²) < 4.78 is 10.9. The average Bonchev–Trinajstić information content (AvgIpc) is 2.81. The fraction of sp³-hybridized carbons (Fsp3) is 0.833. The Hall–Kier alpha value is -0.870. The van der Waals surface area contributed by atoms with Crippen molar-refractivity contribution in [3.8, 4) is 0 Å². The molecule has 0 aromatic heterocycles. The lowest BCUT2D eigenvalue weighted by Crippen LogP contribution is -2.34. The van der Waals surface area contributed by atoms with Crippen LogP contribution in [-0.4, -0.2) is 36.0 Å². The monoisotopic (exact) mass is 312 g/mol. The Morgan fingerprint density at radius 3 is 2.68 bits per heavy atom. The Labute approximate surface area is 134 Å². The largest absolute Gasteiger partial charge is 0.469 e. The fourth-order valence-electron chi connectivity index (χ4n) is 3.57. The summed E-state index contributed by atoms with van der Waals surface area (Å²) in [6.45, 7) is 8.39. The number of aliphatic hydroxyl groups is 1. The molecule has 22 heavy (non-hydrogen) atoms. The Morgan fingerprint density at radius 1 is 1.50 bits per heavy atom. The highest BCUT2D eigenvalue weighted by molar-refractivity contribution is 5.69. The van der Waals surface area contributed by atoms with Crippen LogP contribution in [0.1, 0.15) is 59.8 Å². The molecule has 1 fully saturated rings. The average molecular weight is 312 g/mol. The van der Waals surface area contributed by atoms with Crippen LogP contribution in [0.25, 0.3) is 0 Å². The first-order chi connectivity index (χ1) is 10.4. The maximum atomic E-state index is 11.4. The normalized spacial score (nSPS) is 31.4. The van der Waals surface area contributed by atoms with Gasteiger partial charge < -0.3 is 14.6 Å². The van der Waals surface area contributed by atoms with Gasteiger partial charge in [-0.15, -0.1) is 0 Å². The second-order valence-electron chi connectivity index (χ2n) is 6.65. The highest BCUT2D eigenvalue weighted by Gasteiger charge is 2.43. The standard InChI is InChI=1S/C18H32O4/c1-6-9-16-14(8-3)12-18(4,22-16)11-13(7-2)15(19)10-17(20)21-5/h6,9,13-16,19H,7-8,10-12H2,1-5H3/b9-6+/t13-,14-,15-,16+,18-/m1/s1. The number of hydrogen-bond acceptors (Lipinski definition) is 4. The Bertz CT molecular complexity index is 379. The number of ether oxygens (including phenoxy) is 2. The van der Waals surface area contributed by atoms with Crippen LogP contribution >= 0.6 is 0 Å². The van der Waals surface area contributed by atoms with Crippen molar-refractivity contribution >= 4 is 5.97 Å². The maximum Gasteiger partial charge on any atom is 0.308 e.